The molecule has 3 heteroatoms. The highest BCUT2D eigenvalue weighted by Gasteiger charge is 2.11. The molecule has 1 aromatic rings. The number of anilines is 2. The second-order valence-corrected chi connectivity index (χ2v) is 6.48. The summed E-state index contributed by atoms with van der Waals surface area (Å²) in [5.74, 6) is 0. The summed E-state index contributed by atoms with van der Waals surface area (Å²) in [7, 11) is 0. The number of nitrogens with one attached hydrogen (secondary N) is 1. The zero-order valence-corrected chi connectivity index (χ0v) is 13.1. The van der Waals surface area contributed by atoms with Gasteiger partial charge in [-0.1, -0.05) is 0 Å². The Labute approximate surface area is 123 Å². The third kappa shape index (κ3) is 5.04. The molecule has 0 radical (unpaired) electrons. The third-order valence-corrected chi connectivity index (χ3v) is 3.55. The number of benzene rings is 1. The average Bonchev–Trinajstić information content (AvgIpc) is 2.44. The fourth-order valence-electron chi connectivity index (χ4n) is 2.49. The van der Waals surface area contributed by atoms with Gasteiger partial charge in [0.1, 0.15) is 0 Å². The number of ether oxygens (including phenoxy) is 1. The van der Waals surface area contributed by atoms with Crippen molar-refractivity contribution in [3.05, 3.63) is 24.3 Å². The van der Waals surface area contributed by atoms with Gasteiger partial charge in [0.25, 0.3) is 0 Å². The predicted octanol–water partition coefficient (Wildman–Crippen LogP) is 3.90. The first-order valence-electron chi connectivity index (χ1n) is 7.77. The van der Waals surface area contributed by atoms with E-state index < -0.39 is 0 Å². The molecule has 1 aliphatic heterocycles. The van der Waals surface area contributed by atoms with E-state index in [-0.39, 0.29) is 5.60 Å². The van der Waals surface area contributed by atoms with Gasteiger partial charge in [-0.05, 0) is 64.3 Å². The van der Waals surface area contributed by atoms with Gasteiger partial charge in [-0.25, -0.2) is 0 Å². The Morgan fingerprint density at radius 3 is 2.30 bits per heavy atom. The van der Waals surface area contributed by atoms with Crippen LogP contribution in [0.3, 0.4) is 0 Å². The minimum Gasteiger partial charge on any atom is -0.383 e. The number of hydrogen-bond donors (Lipinski definition) is 1. The van der Waals surface area contributed by atoms with Crippen LogP contribution in [0, 0.1) is 0 Å². The second-order valence-electron chi connectivity index (χ2n) is 6.48. The predicted molar refractivity (Wildman–Crippen MR) is 86.7 cm³/mol. The van der Waals surface area contributed by atoms with Gasteiger partial charge in [-0.2, -0.15) is 0 Å². The van der Waals surface area contributed by atoms with Gasteiger partial charge in [0.15, 0.2) is 0 Å². The Hall–Kier alpha value is -1.22. The van der Waals surface area contributed by atoms with Crippen molar-refractivity contribution < 1.29 is 4.74 Å². The summed E-state index contributed by atoms with van der Waals surface area (Å²) in [4.78, 5) is 2.48. The van der Waals surface area contributed by atoms with Crippen molar-refractivity contribution in [2.75, 3.05) is 36.5 Å². The first-order valence-corrected chi connectivity index (χ1v) is 7.77. The van der Waals surface area contributed by atoms with Crippen molar-refractivity contribution in [1.29, 1.82) is 0 Å². The van der Waals surface area contributed by atoms with E-state index >= 15 is 0 Å². The van der Waals surface area contributed by atoms with Crippen molar-refractivity contribution in [1.82, 2.24) is 0 Å². The zero-order chi connectivity index (χ0) is 14.4. The number of piperidine rings is 1. The molecule has 0 unspecified atom stereocenters. The van der Waals surface area contributed by atoms with Gasteiger partial charge in [0.05, 0.1) is 12.2 Å². The molecule has 1 saturated heterocycles. The van der Waals surface area contributed by atoms with Gasteiger partial charge >= 0.3 is 0 Å². The summed E-state index contributed by atoms with van der Waals surface area (Å²) in [5.41, 5.74) is 2.46. The van der Waals surface area contributed by atoms with Crippen molar-refractivity contribution >= 4 is 11.4 Å². The largest absolute Gasteiger partial charge is 0.383 e. The summed E-state index contributed by atoms with van der Waals surface area (Å²) in [5, 5.41) is 3.40. The zero-order valence-electron chi connectivity index (χ0n) is 13.1. The van der Waals surface area contributed by atoms with Gasteiger partial charge in [-0.15, -0.1) is 0 Å². The van der Waals surface area contributed by atoms with Crippen LogP contribution in [0.15, 0.2) is 24.3 Å². The lowest BCUT2D eigenvalue weighted by Gasteiger charge is -2.28. The summed E-state index contributed by atoms with van der Waals surface area (Å²) < 4.78 is 5.70. The van der Waals surface area contributed by atoms with Crippen LogP contribution in [-0.4, -0.2) is 31.8 Å². The minimum absolute atomic E-state index is 0.0558. The molecule has 1 heterocycles. The smallest absolute Gasteiger partial charge is 0.0646 e. The van der Waals surface area contributed by atoms with E-state index in [1.165, 1.54) is 43.7 Å². The van der Waals surface area contributed by atoms with E-state index in [0.717, 1.165) is 13.2 Å². The van der Waals surface area contributed by atoms with Gasteiger partial charge < -0.3 is 15.0 Å². The summed E-state index contributed by atoms with van der Waals surface area (Å²) in [6, 6.07) is 8.78. The van der Waals surface area contributed by atoms with Crippen LogP contribution in [0.1, 0.15) is 40.0 Å². The Kier molecular flexibility index (Phi) is 5.30. The first kappa shape index (κ1) is 15.2. The molecule has 1 N–H and O–H groups in total. The maximum absolute atomic E-state index is 5.70. The molecule has 0 amide bonds. The molecule has 1 aliphatic rings. The third-order valence-electron chi connectivity index (χ3n) is 3.55. The van der Waals surface area contributed by atoms with Crippen LogP contribution in [0.2, 0.25) is 0 Å². The number of nitrogens with zero attached hydrogens (tertiary/aromatic N) is 1. The molecule has 2 rings (SSSR count). The van der Waals surface area contributed by atoms with Crippen LogP contribution in [0.25, 0.3) is 0 Å². The number of hydrogen-bond acceptors (Lipinski definition) is 3. The molecule has 1 aromatic carbocycles. The minimum atomic E-state index is -0.0558. The summed E-state index contributed by atoms with van der Waals surface area (Å²) in [6.07, 6.45) is 4.03. The van der Waals surface area contributed by atoms with E-state index in [9.17, 15) is 0 Å². The fourth-order valence-corrected chi connectivity index (χ4v) is 2.49. The first-order chi connectivity index (χ1) is 9.54. The van der Waals surface area contributed by atoms with Crippen LogP contribution < -0.4 is 10.2 Å². The van der Waals surface area contributed by atoms with E-state index in [1.54, 1.807) is 0 Å². The Bertz CT molecular complexity index is 388. The lowest BCUT2D eigenvalue weighted by molar-refractivity contribution is 0.00333. The number of rotatable bonds is 5. The van der Waals surface area contributed by atoms with E-state index in [4.69, 9.17) is 4.74 Å². The van der Waals surface area contributed by atoms with Crippen molar-refractivity contribution in [3.63, 3.8) is 0 Å². The fraction of sp³-hybridized carbons (Fsp3) is 0.647. The monoisotopic (exact) mass is 276 g/mol. The normalized spacial score (nSPS) is 16.2. The Morgan fingerprint density at radius 2 is 1.70 bits per heavy atom. The van der Waals surface area contributed by atoms with Crippen LogP contribution in [0.4, 0.5) is 11.4 Å². The second kappa shape index (κ2) is 6.98. The maximum Gasteiger partial charge on any atom is 0.0646 e. The van der Waals surface area contributed by atoms with Crippen molar-refractivity contribution in [3.8, 4) is 0 Å². The van der Waals surface area contributed by atoms with Crippen molar-refractivity contribution in [2.45, 2.75) is 45.6 Å². The van der Waals surface area contributed by atoms with Crippen LogP contribution >= 0.6 is 0 Å². The maximum atomic E-state index is 5.70. The molecule has 112 valence electrons. The SMILES string of the molecule is CC(C)(C)OCCNc1ccc(N2CCCCC2)cc1. The van der Waals surface area contributed by atoms with Crippen LogP contribution in [0.5, 0.6) is 0 Å². The molecular formula is C17H28N2O. The van der Waals surface area contributed by atoms with Crippen LogP contribution in [-0.2, 0) is 4.74 Å². The molecule has 20 heavy (non-hydrogen) atoms. The van der Waals surface area contributed by atoms with Crippen molar-refractivity contribution in [2.24, 2.45) is 0 Å². The lowest BCUT2D eigenvalue weighted by Crippen LogP contribution is -2.29. The molecule has 0 aromatic heterocycles. The highest BCUT2D eigenvalue weighted by molar-refractivity contribution is 5.55. The molecule has 0 aliphatic carbocycles. The lowest BCUT2D eigenvalue weighted by atomic mass is 10.1. The average molecular weight is 276 g/mol. The van der Waals surface area contributed by atoms with E-state index in [0.29, 0.717) is 0 Å². The molecule has 0 spiro atoms. The van der Waals surface area contributed by atoms with Gasteiger partial charge in [-0.3, -0.25) is 0 Å². The topological polar surface area (TPSA) is 24.5 Å². The van der Waals surface area contributed by atoms with Gasteiger partial charge in [0.2, 0.25) is 0 Å². The highest BCUT2D eigenvalue weighted by atomic mass is 16.5. The molecule has 1 fully saturated rings. The summed E-state index contributed by atoms with van der Waals surface area (Å²) in [6.45, 7) is 10.2. The molecule has 3 nitrogen and oxygen atoms in total. The Balaban J connectivity index is 1.76. The van der Waals surface area contributed by atoms with Gasteiger partial charge in [0, 0.05) is 31.0 Å². The van der Waals surface area contributed by atoms with E-state index in [2.05, 4.69) is 55.3 Å². The van der Waals surface area contributed by atoms with E-state index in [1.807, 2.05) is 0 Å². The molecule has 0 atom stereocenters. The Morgan fingerprint density at radius 1 is 1.05 bits per heavy atom. The molecular weight excluding hydrogens is 248 g/mol. The standard InChI is InChI=1S/C17H28N2O/c1-17(2,3)20-14-11-18-15-7-9-16(10-8-15)19-12-5-4-6-13-19/h7-10,18H,4-6,11-14H2,1-3H3. The molecule has 0 bridgehead atoms. The molecule has 0 saturated carbocycles. The highest BCUT2D eigenvalue weighted by Crippen LogP contribution is 2.21. The quantitative estimate of drug-likeness (QED) is 0.825. The summed E-state index contributed by atoms with van der Waals surface area (Å²) >= 11 is 0.